The lowest BCUT2D eigenvalue weighted by Crippen LogP contribution is -2.22. The summed E-state index contributed by atoms with van der Waals surface area (Å²) in [7, 11) is 1.63. The summed E-state index contributed by atoms with van der Waals surface area (Å²) < 4.78 is 11.4. The first-order valence-electron chi connectivity index (χ1n) is 9.11. The van der Waals surface area contributed by atoms with Crippen molar-refractivity contribution in [2.24, 2.45) is 10.7 Å². The number of rotatable bonds is 7. The van der Waals surface area contributed by atoms with Crippen molar-refractivity contribution in [3.8, 4) is 11.5 Å². The van der Waals surface area contributed by atoms with Crippen LogP contribution in [0.1, 0.15) is 16.7 Å². The number of anilines is 1. The zero-order valence-electron chi connectivity index (χ0n) is 16.2. The SMILES string of the molecule is COc1cc(CN=C(N)Nc2ccc(C)cc2)ccc1OCc1ccccc1. The largest absolute Gasteiger partial charge is 0.493 e. The second-order valence-corrected chi connectivity index (χ2v) is 6.45. The molecule has 0 spiro atoms. The van der Waals surface area contributed by atoms with Crippen molar-refractivity contribution in [2.75, 3.05) is 12.4 Å². The summed E-state index contributed by atoms with van der Waals surface area (Å²) in [6, 6.07) is 23.8. The number of ether oxygens (including phenoxy) is 2. The van der Waals surface area contributed by atoms with Gasteiger partial charge in [0.25, 0.3) is 0 Å². The standard InChI is InChI=1S/C23H25N3O2/c1-17-8-11-20(12-9-17)26-23(24)25-15-19-10-13-21(22(14-19)27-2)28-16-18-6-4-3-5-7-18/h3-14H,15-16H2,1-2H3,(H3,24,25,26). The second-order valence-electron chi connectivity index (χ2n) is 6.45. The number of nitrogens with one attached hydrogen (secondary N) is 1. The van der Waals surface area contributed by atoms with E-state index in [0.717, 1.165) is 16.8 Å². The predicted octanol–water partition coefficient (Wildman–Crippen LogP) is 4.51. The van der Waals surface area contributed by atoms with Gasteiger partial charge in [0.2, 0.25) is 0 Å². The number of hydrogen-bond acceptors (Lipinski definition) is 3. The summed E-state index contributed by atoms with van der Waals surface area (Å²) in [6.45, 7) is 2.98. The minimum atomic E-state index is 0.368. The fourth-order valence-electron chi connectivity index (χ4n) is 2.67. The van der Waals surface area contributed by atoms with Gasteiger partial charge in [-0.2, -0.15) is 0 Å². The fraction of sp³-hybridized carbons (Fsp3) is 0.174. The lowest BCUT2D eigenvalue weighted by molar-refractivity contribution is 0.284. The molecule has 0 atom stereocenters. The number of nitrogens with zero attached hydrogens (tertiary/aromatic N) is 1. The van der Waals surface area contributed by atoms with Crippen LogP contribution in [0.3, 0.4) is 0 Å². The maximum absolute atomic E-state index is 5.99. The molecule has 0 aliphatic carbocycles. The average Bonchev–Trinajstić information content (AvgIpc) is 2.73. The van der Waals surface area contributed by atoms with Crippen molar-refractivity contribution < 1.29 is 9.47 Å². The highest BCUT2D eigenvalue weighted by Gasteiger charge is 2.06. The molecule has 0 aliphatic rings. The van der Waals surface area contributed by atoms with Crippen molar-refractivity contribution in [1.29, 1.82) is 0 Å². The Balaban J connectivity index is 1.61. The van der Waals surface area contributed by atoms with E-state index in [0.29, 0.717) is 30.6 Å². The van der Waals surface area contributed by atoms with E-state index < -0.39 is 0 Å². The zero-order valence-corrected chi connectivity index (χ0v) is 16.2. The van der Waals surface area contributed by atoms with Crippen molar-refractivity contribution in [3.05, 3.63) is 89.5 Å². The highest BCUT2D eigenvalue weighted by molar-refractivity contribution is 5.92. The Kier molecular flexibility index (Phi) is 6.52. The Labute approximate surface area is 165 Å². The van der Waals surface area contributed by atoms with Gasteiger partial charge in [-0.3, -0.25) is 0 Å². The van der Waals surface area contributed by atoms with Crippen LogP contribution in [0, 0.1) is 6.92 Å². The fourth-order valence-corrected chi connectivity index (χ4v) is 2.67. The molecule has 0 fully saturated rings. The molecule has 0 heterocycles. The van der Waals surface area contributed by atoms with Gasteiger partial charge in [0, 0.05) is 5.69 Å². The Morgan fingerprint density at radius 1 is 0.929 bits per heavy atom. The molecule has 0 aliphatic heterocycles. The highest BCUT2D eigenvalue weighted by Crippen LogP contribution is 2.29. The minimum Gasteiger partial charge on any atom is -0.493 e. The van der Waals surface area contributed by atoms with Gasteiger partial charge in [-0.15, -0.1) is 0 Å². The van der Waals surface area contributed by atoms with Crippen LogP contribution in [0.15, 0.2) is 77.8 Å². The normalized spacial score (nSPS) is 11.1. The molecule has 3 N–H and O–H groups in total. The molecule has 3 aromatic rings. The van der Waals surface area contributed by atoms with Crippen LogP contribution < -0.4 is 20.5 Å². The molecule has 3 rings (SSSR count). The molecule has 144 valence electrons. The van der Waals surface area contributed by atoms with E-state index in [-0.39, 0.29) is 0 Å². The quantitative estimate of drug-likeness (QED) is 0.471. The maximum atomic E-state index is 5.99. The molecule has 0 saturated heterocycles. The maximum Gasteiger partial charge on any atom is 0.193 e. The molecule has 0 unspecified atom stereocenters. The number of benzene rings is 3. The lowest BCUT2D eigenvalue weighted by Gasteiger charge is -2.12. The molecule has 0 bridgehead atoms. The average molecular weight is 375 g/mol. The van der Waals surface area contributed by atoms with E-state index in [1.54, 1.807) is 7.11 Å². The number of aliphatic imine (C=N–C) groups is 1. The summed E-state index contributed by atoms with van der Waals surface area (Å²) in [5.74, 6) is 1.74. The molecule has 28 heavy (non-hydrogen) atoms. The highest BCUT2D eigenvalue weighted by atomic mass is 16.5. The van der Waals surface area contributed by atoms with Gasteiger partial charge in [0.05, 0.1) is 13.7 Å². The van der Waals surface area contributed by atoms with Crippen molar-refractivity contribution >= 4 is 11.6 Å². The van der Waals surface area contributed by atoms with E-state index >= 15 is 0 Å². The topological polar surface area (TPSA) is 68.9 Å². The van der Waals surface area contributed by atoms with E-state index in [2.05, 4.69) is 10.3 Å². The molecule has 5 nitrogen and oxygen atoms in total. The molecule has 5 heteroatoms. The molecule has 0 saturated carbocycles. The minimum absolute atomic E-state index is 0.368. The second kappa shape index (κ2) is 9.46. The Morgan fingerprint density at radius 3 is 2.39 bits per heavy atom. The smallest absolute Gasteiger partial charge is 0.193 e. The third-order valence-corrected chi connectivity index (χ3v) is 4.22. The Bertz CT molecular complexity index is 922. The molecule has 0 radical (unpaired) electrons. The van der Waals surface area contributed by atoms with Crippen LogP contribution in [0.2, 0.25) is 0 Å². The third kappa shape index (κ3) is 5.51. The molecule has 0 amide bonds. The van der Waals surface area contributed by atoms with Crippen LogP contribution in [-0.2, 0) is 13.2 Å². The van der Waals surface area contributed by atoms with Gasteiger partial charge in [-0.25, -0.2) is 4.99 Å². The number of aryl methyl sites for hydroxylation is 1. The Morgan fingerprint density at radius 2 is 1.68 bits per heavy atom. The van der Waals surface area contributed by atoms with Gasteiger partial charge in [0.15, 0.2) is 17.5 Å². The van der Waals surface area contributed by atoms with Gasteiger partial charge >= 0.3 is 0 Å². The van der Waals surface area contributed by atoms with E-state index in [9.17, 15) is 0 Å². The first kappa shape index (κ1) is 19.3. The third-order valence-electron chi connectivity index (χ3n) is 4.22. The van der Waals surface area contributed by atoms with Gasteiger partial charge < -0.3 is 20.5 Å². The molecular weight excluding hydrogens is 350 g/mol. The van der Waals surface area contributed by atoms with Crippen molar-refractivity contribution in [3.63, 3.8) is 0 Å². The number of nitrogens with two attached hydrogens (primary N) is 1. The monoisotopic (exact) mass is 375 g/mol. The van der Waals surface area contributed by atoms with E-state index in [1.807, 2.05) is 79.7 Å². The van der Waals surface area contributed by atoms with Crippen LogP contribution >= 0.6 is 0 Å². The first-order chi connectivity index (χ1) is 13.6. The first-order valence-corrected chi connectivity index (χ1v) is 9.11. The van der Waals surface area contributed by atoms with E-state index in [4.69, 9.17) is 15.2 Å². The van der Waals surface area contributed by atoms with Gasteiger partial charge in [0.1, 0.15) is 6.61 Å². The van der Waals surface area contributed by atoms with Crippen LogP contribution in [0.25, 0.3) is 0 Å². The summed E-state index contributed by atoms with van der Waals surface area (Å²) >= 11 is 0. The molecule has 0 aromatic heterocycles. The van der Waals surface area contributed by atoms with Crippen LogP contribution in [-0.4, -0.2) is 13.1 Å². The lowest BCUT2D eigenvalue weighted by atomic mass is 10.2. The van der Waals surface area contributed by atoms with Crippen LogP contribution in [0.5, 0.6) is 11.5 Å². The van der Waals surface area contributed by atoms with Gasteiger partial charge in [-0.05, 0) is 42.3 Å². The molecule has 3 aromatic carbocycles. The number of guanidine groups is 1. The number of hydrogen-bond donors (Lipinski definition) is 2. The van der Waals surface area contributed by atoms with Crippen molar-refractivity contribution in [2.45, 2.75) is 20.1 Å². The van der Waals surface area contributed by atoms with E-state index in [1.165, 1.54) is 5.56 Å². The summed E-state index contributed by atoms with van der Waals surface area (Å²) in [4.78, 5) is 4.40. The predicted molar refractivity (Wildman–Crippen MR) is 114 cm³/mol. The summed E-state index contributed by atoms with van der Waals surface area (Å²) in [5, 5.41) is 3.09. The zero-order chi connectivity index (χ0) is 19.8. The summed E-state index contributed by atoms with van der Waals surface area (Å²) in [6.07, 6.45) is 0. The van der Waals surface area contributed by atoms with Gasteiger partial charge in [-0.1, -0.05) is 54.1 Å². The summed E-state index contributed by atoms with van der Waals surface area (Å²) in [5.41, 5.74) is 10.2. The van der Waals surface area contributed by atoms with Crippen LogP contribution in [0.4, 0.5) is 5.69 Å². The number of methoxy groups -OCH3 is 1. The molecular formula is C23H25N3O2. The Hall–Kier alpha value is -3.47. The van der Waals surface area contributed by atoms with Crippen molar-refractivity contribution in [1.82, 2.24) is 0 Å².